The first kappa shape index (κ1) is 6.96. The molecule has 0 bridgehead atoms. The highest BCUT2D eigenvalue weighted by molar-refractivity contribution is 5.77. The third-order valence-corrected chi connectivity index (χ3v) is 1.40. The minimum atomic E-state index is -0.803. The van der Waals surface area contributed by atoms with Gasteiger partial charge in [-0.3, -0.25) is 4.79 Å². The van der Waals surface area contributed by atoms with Crippen molar-refractivity contribution in [2.24, 2.45) is 0 Å². The summed E-state index contributed by atoms with van der Waals surface area (Å²) in [6, 6.07) is 0. The number of hydrogen-bond donors (Lipinski definition) is 1. The molecule has 52 valence electrons. The van der Waals surface area contributed by atoms with Crippen LogP contribution < -0.4 is 0 Å². The minimum absolute atomic E-state index is 0.368. The largest absolute Gasteiger partial charge is 0.384 e. The fourth-order valence-corrected chi connectivity index (χ4v) is 0.783. The molecule has 2 heteroatoms. The van der Waals surface area contributed by atoms with Crippen LogP contribution in [0.5, 0.6) is 0 Å². The van der Waals surface area contributed by atoms with E-state index in [9.17, 15) is 9.90 Å². The van der Waals surface area contributed by atoms with Gasteiger partial charge < -0.3 is 5.11 Å². The lowest BCUT2D eigenvalue weighted by Crippen LogP contribution is -2.14. The fraction of sp³-hybridized carbons (Fsp3) is 0.125. The summed E-state index contributed by atoms with van der Waals surface area (Å²) in [5.74, 6) is 0. The van der Waals surface area contributed by atoms with Gasteiger partial charge in [0.1, 0.15) is 12.4 Å². The Hall–Kier alpha value is -1.15. The summed E-state index contributed by atoms with van der Waals surface area (Å²) in [6.07, 6.45) is 4.78. The molecule has 0 aromatic carbocycles. The summed E-state index contributed by atoms with van der Waals surface area (Å²) in [7, 11) is 0. The molecule has 1 aliphatic carbocycles. The maximum atomic E-state index is 10.2. The zero-order chi connectivity index (χ0) is 7.56. The number of hydrogen-bond acceptors (Lipinski definition) is 2. The van der Waals surface area contributed by atoms with Gasteiger partial charge in [0, 0.05) is 5.57 Å². The Labute approximate surface area is 59.2 Å². The molecule has 2 nitrogen and oxygen atoms in total. The molecule has 0 aliphatic heterocycles. The summed E-state index contributed by atoms with van der Waals surface area (Å²) in [4.78, 5) is 10.2. The van der Waals surface area contributed by atoms with Crippen molar-refractivity contribution in [1.82, 2.24) is 0 Å². The molecule has 10 heavy (non-hydrogen) atoms. The smallest absolute Gasteiger partial charge is 0.148 e. The third-order valence-electron chi connectivity index (χ3n) is 1.40. The van der Waals surface area contributed by atoms with Crippen LogP contribution in [0.15, 0.2) is 36.0 Å². The molecule has 0 aromatic heterocycles. The van der Waals surface area contributed by atoms with Gasteiger partial charge in [0.2, 0.25) is 0 Å². The zero-order valence-electron chi connectivity index (χ0n) is 5.45. The molecule has 1 rings (SSSR count). The van der Waals surface area contributed by atoms with Gasteiger partial charge in [-0.1, -0.05) is 24.8 Å². The van der Waals surface area contributed by atoms with Crippen LogP contribution in [0.2, 0.25) is 0 Å². The summed E-state index contributed by atoms with van der Waals surface area (Å²) in [5, 5.41) is 9.19. The van der Waals surface area contributed by atoms with Crippen molar-refractivity contribution in [2.45, 2.75) is 6.10 Å². The van der Waals surface area contributed by atoms with Crippen LogP contribution in [0.1, 0.15) is 0 Å². The van der Waals surface area contributed by atoms with E-state index in [1.165, 1.54) is 0 Å². The average Bonchev–Trinajstić information content (AvgIpc) is 1.95. The van der Waals surface area contributed by atoms with Crippen molar-refractivity contribution in [2.75, 3.05) is 0 Å². The second-order valence-electron chi connectivity index (χ2n) is 2.12. The molecular weight excluding hydrogens is 128 g/mol. The number of rotatable bonds is 1. The van der Waals surface area contributed by atoms with Crippen LogP contribution in [0.25, 0.3) is 0 Å². The number of aliphatic hydroxyl groups excluding tert-OH is 1. The Balaban J connectivity index is 2.91. The van der Waals surface area contributed by atoms with Gasteiger partial charge in [0.25, 0.3) is 0 Å². The van der Waals surface area contributed by atoms with E-state index in [4.69, 9.17) is 0 Å². The molecule has 1 aliphatic rings. The molecule has 0 heterocycles. The van der Waals surface area contributed by atoms with Crippen LogP contribution in [-0.2, 0) is 4.79 Å². The van der Waals surface area contributed by atoms with Crippen molar-refractivity contribution >= 4 is 6.29 Å². The van der Waals surface area contributed by atoms with Gasteiger partial charge in [-0.15, -0.1) is 0 Å². The molecule has 1 N–H and O–H groups in total. The first-order chi connectivity index (χ1) is 4.75. The van der Waals surface area contributed by atoms with Gasteiger partial charge >= 0.3 is 0 Å². The second kappa shape index (κ2) is 2.62. The number of allylic oxidation sites excluding steroid dienone is 2. The van der Waals surface area contributed by atoms with Crippen LogP contribution in [0, 0.1) is 0 Å². The first-order valence-corrected chi connectivity index (χ1v) is 2.96. The second-order valence-corrected chi connectivity index (χ2v) is 2.12. The Morgan fingerprint density at radius 1 is 1.70 bits per heavy atom. The van der Waals surface area contributed by atoms with E-state index in [2.05, 4.69) is 6.58 Å². The lowest BCUT2D eigenvalue weighted by molar-refractivity contribution is -0.105. The number of aliphatic hydroxyl groups is 1. The Morgan fingerprint density at radius 3 is 2.90 bits per heavy atom. The fourth-order valence-electron chi connectivity index (χ4n) is 0.783. The molecule has 1 unspecified atom stereocenters. The van der Waals surface area contributed by atoms with E-state index in [1.807, 2.05) is 0 Å². The predicted molar refractivity (Wildman–Crippen MR) is 38.4 cm³/mol. The van der Waals surface area contributed by atoms with Crippen LogP contribution in [-0.4, -0.2) is 17.5 Å². The normalized spacial score (nSPS) is 24.3. The standard InChI is InChI=1S/C8H8O2/c1-6-3-2-4-7(5-9)8(6)10/h2-5,8,10H,1H2. The van der Waals surface area contributed by atoms with Gasteiger partial charge in [-0.25, -0.2) is 0 Å². The van der Waals surface area contributed by atoms with Gasteiger partial charge in [-0.2, -0.15) is 0 Å². The van der Waals surface area contributed by atoms with Crippen molar-refractivity contribution < 1.29 is 9.90 Å². The highest BCUT2D eigenvalue weighted by Gasteiger charge is 2.13. The molecule has 1 atom stereocenters. The van der Waals surface area contributed by atoms with E-state index in [1.54, 1.807) is 18.2 Å². The Kier molecular flexibility index (Phi) is 1.83. The Morgan fingerprint density at radius 2 is 2.40 bits per heavy atom. The molecule has 0 aromatic rings. The maximum absolute atomic E-state index is 10.2. The Bertz CT molecular complexity index is 223. The van der Waals surface area contributed by atoms with E-state index < -0.39 is 6.10 Å². The van der Waals surface area contributed by atoms with Crippen molar-refractivity contribution in [3.8, 4) is 0 Å². The zero-order valence-corrected chi connectivity index (χ0v) is 5.45. The molecule has 0 saturated heterocycles. The van der Waals surface area contributed by atoms with E-state index in [0.29, 0.717) is 17.4 Å². The third kappa shape index (κ3) is 1.06. The molecular formula is C8H8O2. The van der Waals surface area contributed by atoms with Crippen LogP contribution >= 0.6 is 0 Å². The van der Waals surface area contributed by atoms with Gasteiger partial charge in [-0.05, 0) is 5.57 Å². The van der Waals surface area contributed by atoms with Crippen LogP contribution in [0.4, 0.5) is 0 Å². The van der Waals surface area contributed by atoms with Crippen molar-refractivity contribution in [3.05, 3.63) is 36.0 Å². The number of carbonyl (C=O) groups is 1. The summed E-state index contributed by atoms with van der Waals surface area (Å²) in [6.45, 7) is 3.56. The minimum Gasteiger partial charge on any atom is -0.384 e. The molecule has 0 spiro atoms. The average molecular weight is 136 g/mol. The summed E-state index contributed by atoms with van der Waals surface area (Å²) >= 11 is 0. The maximum Gasteiger partial charge on any atom is 0.148 e. The molecule has 0 saturated carbocycles. The van der Waals surface area contributed by atoms with Gasteiger partial charge in [0.05, 0.1) is 0 Å². The van der Waals surface area contributed by atoms with E-state index >= 15 is 0 Å². The summed E-state index contributed by atoms with van der Waals surface area (Å²) < 4.78 is 0. The van der Waals surface area contributed by atoms with E-state index in [0.717, 1.165) is 0 Å². The highest BCUT2D eigenvalue weighted by atomic mass is 16.3. The topological polar surface area (TPSA) is 37.3 Å². The predicted octanol–water partition coefficient (Wildman–Crippen LogP) is 0.599. The first-order valence-electron chi connectivity index (χ1n) is 2.96. The lowest BCUT2D eigenvalue weighted by Gasteiger charge is -2.12. The number of carbonyl (C=O) groups excluding carboxylic acids is 1. The van der Waals surface area contributed by atoms with E-state index in [-0.39, 0.29) is 0 Å². The molecule has 0 fully saturated rings. The highest BCUT2D eigenvalue weighted by Crippen LogP contribution is 2.14. The SMILES string of the molecule is C=C1C=CC=C(C=O)C1O. The number of aldehydes is 1. The van der Waals surface area contributed by atoms with Crippen LogP contribution in [0.3, 0.4) is 0 Å². The summed E-state index contributed by atoms with van der Waals surface area (Å²) in [5.41, 5.74) is 0.928. The van der Waals surface area contributed by atoms with Gasteiger partial charge in [0.15, 0.2) is 0 Å². The molecule has 0 radical (unpaired) electrons. The monoisotopic (exact) mass is 136 g/mol. The molecule has 0 amide bonds. The van der Waals surface area contributed by atoms with Crippen molar-refractivity contribution in [1.29, 1.82) is 0 Å². The van der Waals surface area contributed by atoms with Crippen molar-refractivity contribution in [3.63, 3.8) is 0 Å². The lowest BCUT2D eigenvalue weighted by atomic mass is 9.99. The quantitative estimate of drug-likeness (QED) is 0.536.